The molecule has 0 heterocycles. The second-order valence-electron chi connectivity index (χ2n) is 9.50. The number of carbonyl (C=O) groups is 2. The van der Waals surface area contributed by atoms with Gasteiger partial charge in [0.1, 0.15) is 11.8 Å². The van der Waals surface area contributed by atoms with Crippen molar-refractivity contribution in [3.05, 3.63) is 144 Å². The maximum atomic E-state index is 14.0. The van der Waals surface area contributed by atoms with Crippen LogP contribution in [0.15, 0.2) is 121 Å². The average Bonchev–Trinajstić information content (AvgIpc) is 3.01. The molecule has 2 atom stereocenters. The summed E-state index contributed by atoms with van der Waals surface area (Å²) in [6, 6.07) is 39.8. The van der Waals surface area contributed by atoms with Crippen LogP contribution in [-0.4, -0.2) is 25.2 Å². The summed E-state index contributed by atoms with van der Waals surface area (Å²) < 4.78 is 11.4. The number of rotatable bonds is 8. The van der Waals surface area contributed by atoms with Crippen molar-refractivity contribution in [3.63, 3.8) is 0 Å². The maximum Gasteiger partial charge on any atom is 0.314 e. The number of ether oxygens (including phenoxy) is 2. The lowest BCUT2D eigenvalue weighted by Gasteiger charge is -2.37. The first-order chi connectivity index (χ1) is 19.7. The van der Waals surface area contributed by atoms with Crippen LogP contribution in [0.4, 0.5) is 0 Å². The number of allylic oxidation sites excluding steroid dienone is 2. The van der Waals surface area contributed by atoms with E-state index < -0.39 is 23.8 Å². The summed E-state index contributed by atoms with van der Waals surface area (Å²) in [5, 5.41) is 0. The number of esters is 2. The zero-order chi connectivity index (χ0) is 27.9. The molecule has 4 heteroatoms. The van der Waals surface area contributed by atoms with E-state index in [9.17, 15) is 9.59 Å². The Kier molecular flexibility index (Phi) is 8.36. The third-order valence-electron chi connectivity index (χ3n) is 7.12. The van der Waals surface area contributed by atoms with Gasteiger partial charge in [0.15, 0.2) is 0 Å². The zero-order valence-electron chi connectivity index (χ0n) is 22.7. The van der Waals surface area contributed by atoms with Crippen LogP contribution in [0.2, 0.25) is 0 Å². The smallest absolute Gasteiger partial charge is 0.314 e. The van der Waals surface area contributed by atoms with Gasteiger partial charge in [0.25, 0.3) is 0 Å². The van der Waals surface area contributed by atoms with Crippen molar-refractivity contribution in [2.75, 3.05) is 13.2 Å². The van der Waals surface area contributed by atoms with E-state index in [2.05, 4.69) is 24.3 Å². The lowest BCUT2D eigenvalue weighted by atomic mass is 9.65. The SMILES string of the molecule is CCOC(=O)[C@@H]1C(c2ccccc2)=C(c2ccccc2)C(c2ccccc2)=C(c2ccccc2)[C@H]1C(=O)OCC. The molecule has 1 aliphatic carbocycles. The largest absolute Gasteiger partial charge is 0.465 e. The fraction of sp³-hybridized carbons (Fsp3) is 0.167. The molecule has 1 aliphatic rings. The summed E-state index contributed by atoms with van der Waals surface area (Å²) in [7, 11) is 0. The van der Waals surface area contributed by atoms with Crippen molar-refractivity contribution in [1.29, 1.82) is 0 Å². The molecular formula is C36H32O4. The molecule has 0 aromatic heterocycles. The van der Waals surface area contributed by atoms with Crippen LogP contribution in [0.3, 0.4) is 0 Å². The second kappa shape index (κ2) is 12.4. The Hall–Kier alpha value is -4.70. The quantitative estimate of drug-likeness (QED) is 0.221. The molecule has 0 radical (unpaired) electrons. The van der Waals surface area contributed by atoms with Gasteiger partial charge in [-0.3, -0.25) is 9.59 Å². The van der Waals surface area contributed by atoms with Gasteiger partial charge in [-0.1, -0.05) is 121 Å². The van der Waals surface area contributed by atoms with Crippen LogP contribution in [-0.2, 0) is 19.1 Å². The number of hydrogen-bond donors (Lipinski definition) is 0. The summed E-state index contributed by atoms with van der Waals surface area (Å²) in [5.74, 6) is -2.74. The standard InChI is InChI=1S/C36H32O4/c1-3-39-35(37)33-31(27-21-13-7-14-22-27)29(25-17-9-5-10-18-25)30(26-19-11-6-12-20-26)32(28-23-15-8-16-24-28)34(33)36(38)40-4-2/h5-24,33-34H,3-4H2,1-2H3/t33-,34-/m1/s1. The normalized spacial score (nSPS) is 16.9. The van der Waals surface area contributed by atoms with E-state index in [1.807, 2.05) is 97.1 Å². The highest BCUT2D eigenvalue weighted by Gasteiger charge is 2.48. The molecule has 0 saturated carbocycles. The van der Waals surface area contributed by atoms with Crippen molar-refractivity contribution < 1.29 is 19.1 Å². The van der Waals surface area contributed by atoms with Crippen LogP contribution >= 0.6 is 0 Å². The highest BCUT2D eigenvalue weighted by atomic mass is 16.5. The highest BCUT2D eigenvalue weighted by molar-refractivity contribution is 6.28. The maximum absolute atomic E-state index is 14.0. The molecule has 0 bridgehead atoms. The minimum atomic E-state index is -0.917. The molecule has 0 amide bonds. The molecule has 0 fully saturated rings. The van der Waals surface area contributed by atoms with Gasteiger partial charge in [-0.2, -0.15) is 0 Å². The Morgan fingerprint density at radius 3 is 1.02 bits per heavy atom. The Morgan fingerprint density at radius 1 is 0.475 bits per heavy atom. The van der Waals surface area contributed by atoms with Crippen molar-refractivity contribution in [1.82, 2.24) is 0 Å². The number of carbonyl (C=O) groups excluding carboxylic acids is 2. The van der Waals surface area contributed by atoms with Gasteiger partial charge in [0, 0.05) is 0 Å². The van der Waals surface area contributed by atoms with Gasteiger partial charge in [-0.25, -0.2) is 0 Å². The Labute approximate surface area is 235 Å². The predicted octanol–water partition coefficient (Wildman–Crippen LogP) is 7.58. The summed E-state index contributed by atoms with van der Waals surface area (Å²) in [5.41, 5.74) is 6.91. The first-order valence-corrected chi connectivity index (χ1v) is 13.7. The van der Waals surface area contributed by atoms with Crippen molar-refractivity contribution in [3.8, 4) is 0 Å². The molecule has 0 spiro atoms. The van der Waals surface area contributed by atoms with E-state index >= 15 is 0 Å². The third kappa shape index (κ3) is 5.26. The summed E-state index contributed by atoms with van der Waals surface area (Å²) >= 11 is 0. The van der Waals surface area contributed by atoms with Crippen molar-refractivity contribution >= 4 is 34.2 Å². The van der Waals surface area contributed by atoms with Gasteiger partial charge in [-0.15, -0.1) is 0 Å². The van der Waals surface area contributed by atoms with E-state index in [-0.39, 0.29) is 13.2 Å². The van der Waals surface area contributed by atoms with Crippen LogP contribution < -0.4 is 0 Å². The van der Waals surface area contributed by atoms with Crippen LogP contribution in [0.1, 0.15) is 36.1 Å². The van der Waals surface area contributed by atoms with Crippen molar-refractivity contribution in [2.45, 2.75) is 13.8 Å². The van der Waals surface area contributed by atoms with Gasteiger partial charge in [0.05, 0.1) is 13.2 Å². The van der Waals surface area contributed by atoms with Gasteiger partial charge in [-0.05, 0) is 58.4 Å². The molecule has 0 aliphatic heterocycles. The Bertz CT molecular complexity index is 1400. The van der Waals surface area contributed by atoms with E-state index in [0.29, 0.717) is 0 Å². The first kappa shape index (κ1) is 26.9. The molecule has 40 heavy (non-hydrogen) atoms. The van der Waals surface area contributed by atoms with Crippen molar-refractivity contribution in [2.24, 2.45) is 11.8 Å². The lowest BCUT2D eigenvalue weighted by molar-refractivity contribution is -0.155. The fourth-order valence-electron chi connectivity index (χ4n) is 5.58. The average molecular weight is 529 g/mol. The summed E-state index contributed by atoms with van der Waals surface area (Å²) in [4.78, 5) is 28.0. The predicted molar refractivity (Wildman–Crippen MR) is 160 cm³/mol. The van der Waals surface area contributed by atoms with Crippen LogP contribution in [0.5, 0.6) is 0 Å². The van der Waals surface area contributed by atoms with E-state index in [1.54, 1.807) is 13.8 Å². The van der Waals surface area contributed by atoms with E-state index in [1.165, 1.54) is 0 Å². The zero-order valence-corrected chi connectivity index (χ0v) is 22.7. The molecule has 0 N–H and O–H groups in total. The fourth-order valence-corrected chi connectivity index (χ4v) is 5.58. The molecule has 200 valence electrons. The first-order valence-electron chi connectivity index (χ1n) is 13.7. The molecular weight excluding hydrogens is 496 g/mol. The van der Waals surface area contributed by atoms with Gasteiger partial charge < -0.3 is 9.47 Å². The molecule has 5 rings (SSSR count). The third-order valence-corrected chi connectivity index (χ3v) is 7.12. The minimum Gasteiger partial charge on any atom is -0.465 e. The highest BCUT2D eigenvalue weighted by Crippen LogP contribution is 2.54. The number of benzene rings is 4. The van der Waals surface area contributed by atoms with Crippen LogP contribution in [0.25, 0.3) is 22.3 Å². The van der Waals surface area contributed by atoms with E-state index in [4.69, 9.17) is 9.47 Å². The molecule has 0 saturated heterocycles. The van der Waals surface area contributed by atoms with Crippen LogP contribution in [0, 0.1) is 11.8 Å². The lowest BCUT2D eigenvalue weighted by Crippen LogP contribution is -2.37. The monoisotopic (exact) mass is 528 g/mol. The second-order valence-corrected chi connectivity index (χ2v) is 9.50. The summed E-state index contributed by atoms with van der Waals surface area (Å²) in [6.07, 6.45) is 0. The van der Waals surface area contributed by atoms with Gasteiger partial charge >= 0.3 is 11.9 Å². The molecule has 4 nitrogen and oxygen atoms in total. The minimum absolute atomic E-state index is 0.198. The topological polar surface area (TPSA) is 52.6 Å². The van der Waals surface area contributed by atoms with Gasteiger partial charge in [0.2, 0.25) is 0 Å². The number of hydrogen-bond acceptors (Lipinski definition) is 4. The Morgan fingerprint density at radius 2 is 0.750 bits per heavy atom. The molecule has 4 aromatic rings. The molecule has 0 unspecified atom stereocenters. The molecule has 4 aromatic carbocycles. The Balaban J connectivity index is 2.00. The van der Waals surface area contributed by atoms with E-state index in [0.717, 1.165) is 44.5 Å². The summed E-state index contributed by atoms with van der Waals surface area (Å²) in [6.45, 7) is 3.97.